The summed E-state index contributed by atoms with van der Waals surface area (Å²) in [4.78, 5) is 2.04. The molecule has 21 heavy (non-hydrogen) atoms. The van der Waals surface area contributed by atoms with Crippen LogP contribution in [0.2, 0.25) is 0 Å². The summed E-state index contributed by atoms with van der Waals surface area (Å²) >= 11 is 0. The molecule has 2 aromatic carbocycles. The van der Waals surface area contributed by atoms with Crippen molar-refractivity contribution < 1.29 is 4.74 Å². The molecule has 0 saturated carbocycles. The van der Waals surface area contributed by atoms with Crippen LogP contribution < -0.4 is 15.4 Å². The number of benzene rings is 2. The van der Waals surface area contributed by atoms with Gasteiger partial charge in [0.1, 0.15) is 5.75 Å². The second kappa shape index (κ2) is 7.20. The summed E-state index contributed by atoms with van der Waals surface area (Å²) in [5.41, 5.74) is 8.70. The lowest BCUT2D eigenvalue weighted by atomic mass is 10.2. The van der Waals surface area contributed by atoms with Gasteiger partial charge in [0.25, 0.3) is 0 Å². The Balaban J connectivity index is 2.42. The van der Waals surface area contributed by atoms with Crippen molar-refractivity contribution in [2.24, 2.45) is 0 Å². The van der Waals surface area contributed by atoms with Gasteiger partial charge >= 0.3 is 0 Å². The molecule has 2 N–H and O–H groups in total. The number of rotatable bonds is 6. The van der Waals surface area contributed by atoms with Gasteiger partial charge in [-0.05, 0) is 31.2 Å². The number of ether oxygens (including phenoxy) is 1. The number of hydrogen-bond acceptors (Lipinski definition) is 4. The maximum atomic E-state index is 8.88. The molecule has 0 atom stereocenters. The smallest absolute Gasteiger partial charge is 0.144 e. The Hall–Kier alpha value is -2.67. The lowest BCUT2D eigenvalue weighted by molar-refractivity contribution is 0.342. The van der Waals surface area contributed by atoms with Crippen LogP contribution in [-0.4, -0.2) is 13.2 Å². The Morgan fingerprint density at radius 1 is 1.14 bits per heavy atom. The zero-order valence-electron chi connectivity index (χ0n) is 12.1. The first-order chi connectivity index (χ1) is 10.3. The van der Waals surface area contributed by atoms with Gasteiger partial charge in [0.15, 0.2) is 0 Å². The summed E-state index contributed by atoms with van der Waals surface area (Å²) in [5, 5.41) is 8.88. The van der Waals surface area contributed by atoms with Gasteiger partial charge in [0, 0.05) is 12.2 Å². The summed E-state index contributed by atoms with van der Waals surface area (Å²) in [6.45, 7) is 3.08. The second-order valence-corrected chi connectivity index (χ2v) is 4.52. The van der Waals surface area contributed by atoms with Crippen molar-refractivity contribution in [3.63, 3.8) is 0 Å². The molecule has 108 valence electrons. The van der Waals surface area contributed by atoms with E-state index in [0.717, 1.165) is 11.4 Å². The molecule has 2 aromatic rings. The topological polar surface area (TPSA) is 62.3 Å². The molecule has 4 nitrogen and oxygen atoms in total. The fraction of sp³-hybridized carbons (Fsp3) is 0.235. The Morgan fingerprint density at radius 2 is 1.90 bits per heavy atom. The van der Waals surface area contributed by atoms with Gasteiger partial charge in [-0.1, -0.05) is 24.3 Å². The van der Waals surface area contributed by atoms with Crippen LogP contribution >= 0.6 is 0 Å². The van der Waals surface area contributed by atoms with E-state index in [1.165, 1.54) is 0 Å². The van der Waals surface area contributed by atoms with Gasteiger partial charge in [-0.15, -0.1) is 0 Å². The molecule has 2 rings (SSSR count). The van der Waals surface area contributed by atoms with Crippen LogP contribution in [0.4, 0.5) is 17.1 Å². The zero-order valence-corrected chi connectivity index (χ0v) is 12.1. The van der Waals surface area contributed by atoms with Crippen molar-refractivity contribution in [3.8, 4) is 11.8 Å². The van der Waals surface area contributed by atoms with E-state index in [9.17, 15) is 0 Å². The second-order valence-electron chi connectivity index (χ2n) is 4.52. The third kappa shape index (κ3) is 3.46. The van der Waals surface area contributed by atoms with E-state index in [1.807, 2.05) is 60.4 Å². The van der Waals surface area contributed by atoms with Crippen LogP contribution in [0.3, 0.4) is 0 Å². The van der Waals surface area contributed by atoms with E-state index in [0.29, 0.717) is 31.0 Å². The molecular weight excluding hydrogens is 262 g/mol. The molecule has 0 aliphatic rings. The van der Waals surface area contributed by atoms with Gasteiger partial charge in [-0.3, -0.25) is 0 Å². The molecule has 0 aliphatic heterocycles. The minimum atomic E-state index is 0.424. The molecule has 0 fully saturated rings. The summed E-state index contributed by atoms with van der Waals surface area (Å²) in [7, 11) is 0. The fourth-order valence-electron chi connectivity index (χ4n) is 2.21. The van der Waals surface area contributed by atoms with Crippen LogP contribution in [0.5, 0.6) is 5.75 Å². The molecule has 0 bridgehead atoms. The van der Waals surface area contributed by atoms with Crippen molar-refractivity contribution in [3.05, 3.63) is 48.5 Å². The summed E-state index contributed by atoms with van der Waals surface area (Å²) < 4.78 is 5.55. The molecule has 0 amide bonds. The number of nitriles is 1. The molecule has 0 unspecified atom stereocenters. The minimum Gasteiger partial charge on any atom is -0.492 e. The van der Waals surface area contributed by atoms with Crippen LogP contribution in [0, 0.1) is 11.3 Å². The number of para-hydroxylation sites is 2. The number of nitrogens with two attached hydrogens (primary N) is 1. The number of hydrogen-bond donors (Lipinski definition) is 1. The van der Waals surface area contributed by atoms with Gasteiger partial charge in [-0.2, -0.15) is 5.26 Å². The van der Waals surface area contributed by atoms with E-state index < -0.39 is 0 Å². The summed E-state index contributed by atoms with van der Waals surface area (Å²) in [6.07, 6.45) is 0.424. The SMILES string of the molecule is CCOc1cccc(N(CCC#N)c2ccccc2)c1N. The Kier molecular flexibility index (Phi) is 5.05. The van der Waals surface area contributed by atoms with Crippen molar-refractivity contribution in [2.45, 2.75) is 13.3 Å². The first-order valence-electron chi connectivity index (χ1n) is 6.98. The van der Waals surface area contributed by atoms with Gasteiger partial charge in [-0.25, -0.2) is 0 Å². The third-order valence-corrected chi connectivity index (χ3v) is 3.15. The number of nitrogen functional groups attached to an aromatic ring is 1. The van der Waals surface area contributed by atoms with E-state index in [2.05, 4.69) is 6.07 Å². The van der Waals surface area contributed by atoms with E-state index in [4.69, 9.17) is 15.7 Å². The quantitative estimate of drug-likeness (QED) is 0.820. The minimum absolute atomic E-state index is 0.424. The van der Waals surface area contributed by atoms with E-state index in [1.54, 1.807) is 0 Å². The lowest BCUT2D eigenvalue weighted by Crippen LogP contribution is -2.19. The largest absolute Gasteiger partial charge is 0.492 e. The highest BCUT2D eigenvalue weighted by Crippen LogP contribution is 2.36. The van der Waals surface area contributed by atoms with Gasteiger partial charge < -0.3 is 15.4 Å². The van der Waals surface area contributed by atoms with Crippen molar-refractivity contribution >= 4 is 17.1 Å². The molecule has 0 saturated heterocycles. The molecule has 0 radical (unpaired) electrons. The van der Waals surface area contributed by atoms with Crippen LogP contribution in [0.15, 0.2) is 48.5 Å². The van der Waals surface area contributed by atoms with Crippen LogP contribution in [0.1, 0.15) is 13.3 Å². The summed E-state index contributed by atoms with van der Waals surface area (Å²) in [6, 6.07) is 17.8. The monoisotopic (exact) mass is 281 g/mol. The highest BCUT2D eigenvalue weighted by Gasteiger charge is 2.14. The van der Waals surface area contributed by atoms with Crippen molar-refractivity contribution in [2.75, 3.05) is 23.8 Å². The predicted molar refractivity (Wildman–Crippen MR) is 85.7 cm³/mol. The molecule has 0 aliphatic carbocycles. The summed E-state index contributed by atoms with van der Waals surface area (Å²) in [5.74, 6) is 0.674. The normalized spacial score (nSPS) is 9.90. The van der Waals surface area contributed by atoms with Crippen LogP contribution in [0.25, 0.3) is 0 Å². The predicted octanol–water partition coefficient (Wildman–Crippen LogP) is 3.72. The number of nitrogens with zero attached hydrogens (tertiary/aromatic N) is 2. The van der Waals surface area contributed by atoms with E-state index in [-0.39, 0.29) is 0 Å². The zero-order chi connectivity index (χ0) is 15.1. The molecule has 0 heterocycles. The molecular formula is C17H19N3O. The van der Waals surface area contributed by atoms with Gasteiger partial charge in [0.05, 0.1) is 30.5 Å². The average Bonchev–Trinajstić information content (AvgIpc) is 2.52. The highest BCUT2D eigenvalue weighted by atomic mass is 16.5. The first kappa shape index (κ1) is 14.7. The third-order valence-electron chi connectivity index (χ3n) is 3.15. The van der Waals surface area contributed by atoms with E-state index >= 15 is 0 Å². The lowest BCUT2D eigenvalue weighted by Gasteiger charge is -2.26. The Bertz CT molecular complexity index is 620. The Morgan fingerprint density at radius 3 is 2.57 bits per heavy atom. The fourth-order valence-corrected chi connectivity index (χ4v) is 2.21. The maximum absolute atomic E-state index is 8.88. The molecule has 0 aromatic heterocycles. The van der Waals surface area contributed by atoms with Crippen LogP contribution in [-0.2, 0) is 0 Å². The van der Waals surface area contributed by atoms with Gasteiger partial charge in [0.2, 0.25) is 0 Å². The maximum Gasteiger partial charge on any atom is 0.144 e. The average molecular weight is 281 g/mol. The molecule has 4 heteroatoms. The first-order valence-corrected chi connectivity index (χ1v) is 6.98. The van der Waals surface area contributed by atoms with Crippen molar-refractivity contribution in [1.82, 2.24) is 0 Å². The standard InChI is InChI=1S/C17H19N3O/c1-2-21-16-11-6-10-15(17(16)19)20(13-7-12-18)14-8-4-3-5-9-14/h3-6,8-11H,2,7,13,19H2,1H3. The number of anilines is 3. The molecule has 0 spiro atoms. The van der Waals surface area contributed by atoms with Crippen molar-refractivity contribution in [1.29, 1.82) is 5.26 Å². The highest BCUT2D eigenvalue weighted by molar-refractivity contribution is 5.79. The Labute approximate surface area is 125 Å².